The molecule has 0 spiro atoms. The van der Waals surface area contributed by atoms with Gasteiger partial charge in [-0.25, -0.2) is 0 Å². The highest BCUT2D eigenvalue weighted by molar-refractivity contribution is 5.59. The molecule has 0 saturated carbocycles. The van der Waals surface area contributed by atoms with Crippen molar-refractivity contribution < 1.29 is 18.6 Å². The van der Waals surface area contributed by atoms with Crippen LogP contribution in [0.25, 0.3) is 11.5 Å². The Labute approximate surface area is 142 Å². The van der Waals surface area contributed by atoms with Crippen LogP contribution in [-0.2, 0) is 4.74 Å². The van der Waals surface area contributed by atoms with E-state index in [0.29, 0.717) is 24.1 Å². The molecule has 0 amide bonds. The molecule has 1 fully saturated rings. The molecule has 2 aromatic rings. The SMILES string of the molecule is CCCCOc1ccc(-c2nnc([C@H]3CCCCO3)o2)cc1OC. The van der Waals surface area contributed by atoms with Crippen LogP contribution in [-0.4, -0.2) is 30.5 Å². The Hall–Kier alpha value is -2.08. The molecular formula is C18H24N2O4. The maximum Gasteiger partial charge on any atom is 0.248 e. The number of ether oxygens (including phenoxy) is 3. The summed E-state index contributed by atoms with van der Waals surface area (Å²) in [7, 11) is 1.63. The average molecular weight is 332 g/mol. The first-order chi connectivity index (χ1) is 11.8. The van der Waals surface area contributed by atoms with Gasteiger partial charge in [-0.15, -0.1) is 10.2 Å². The molecule has 0 unspecified atom stereocenters. The minimum atomic E-state index is -0.0847. The van der Waals surface area contributed by atoms with Gasteiger partial charge < -0.3 is 18.6 Å². The van der Waals surface area contributed by atoms with Crippen LogP contribution in [0, 0.1) is 0 Å². The summed E-state index contributed by atoms with van der Waals surface area (Å²) in [6.45, 7) is 3.56. The number of benzene rings is 1. The van der Waals surface area contributed by atoms with Crippen LogP contribution in [0.4, 0.5) is 0 Å². The third-order valence-electron chi connectivity index (χ3n) is 4.06. The number of hydrogen-bond acceptors (Lipinski definition) is 6. The molecule has 6 nitrogen and oxygen atoms in total. The first kappa shape index (κ1) is 16.8. The topological polar surface area (TPSA) is 66.6 Å². The Balaban J connectivity index is 1.75. The van der Waals surface area contributed by atoms with Crippen molar-refractivity contribution in [2.24, 2.45) is 0 Å². The number of nitrogens with zero attached hydrogens (tertiary/aromatic N) is 2. The molecule has 24 heavy (non-hydrogen) atoms. The zero-order valence-electron chi connectivity index (χ0n) is 14.3. The third kappa shape index (κ3) is 3.87. The molecule has 2 heterocycles. The Morgan fingerprint density at radius 3 is 2.88 bits per heavy atom. The Morgan fingerprint density at radius 2 is 2.12 bits per heavy atom. The molecule has 1 aliphatic heterocycles. The average Bonchev–Trinajstić information content (AvgIpc) is 3.13. The van der Waals surface area contributed by atoms with Crippen molar-refractivity contribution in [2.75, 3.05) is 20.3 Å². The number of unbranched alkanes of at least 4 members (excludes halogenated alkanes) is 1. The lowest BCUT2D eigenvalue weighted by Crippen LogP contribution is -2.11. The van der Waals surface area contributed by atoms with Gasteiger partial charge in [-0.05, 0) is 43.9 Å². The Bertz CT molecular complexity index is 650. The quantitative estimate of drug-likeness (QED) is 0.709. The number of hydrogen-bond donors (Lipinski definition) is 0. The number of rotatable bonds is 7. The molecule has 1 aromatic carbocycles. The van der Waals surface area contributed by atoms with Crippen LogP contribution in [0.5, 0.6) is 11.5 Å². The van der Waals surface area contributed by atoms with Crippen LogP contribution < -0.4 is 9.47 Å². The van der Waals surface area contributed by atoms with Crippen molar-refractivity contribution in [1.82, 2.24) is 10.2 Å². The molecule has 1 atom stereocenters. The molecule has 0 bridgehead atoms. The summed E-state index contributed by atoms with van der Waals surface area (Å²) in [5.74, 6) is 2.41. The van der Waals surface area contributed by atoms with E-state index in [1.54, 1.807) is 7.11 Å². The van der Waals surface area contributed by atoms with E-state index in [0.717, 1.165) is 50.0 Å². The molecule has 3 rings (SSSR count). The molecule has 0 radical (unpaired) electrons. The van der Waals surface area contributed by atoms with Crippen molar-refractivity contribution in [2.45, 2.75) is 45.1 Å². The van der Waals surface area contributed by atoms with Crippen LogP contribution >= 0.6 is 0 Å². The fourth-order valence-electron chi connectivity index (χ4n) is 2.66. The second-order valence-electron chi connectivity index (χ2n) is 5.87. The first-order valence-electron chi connectivity index (χ1n) is 8.58. The van der Waals surface area contributed by atoms with E-state index < -0.39 is 0 Å². The van der Waals surface area contributed by atoms with E-state index in [-0.39, 0.29) is 6.10 Å². The van der Waals surface area contributed by atoms with Gasteiger partial charge in [0, 0.05) is 12.2 Å². The second-order valence-corrected chi connectivity index (χ2v) is 5.87. The summed E-state index contributed by atoms with van der Waals surface area (Å²) >= 11 is 0. The molecule has 130 valence electrons. The van der Waals surface area contributed by atoms with Crippen molar-refractivity contribution in [3.05, 3.63) is 24.1 Å². The van der Waals surface area contributed by atoms with Gasteiger partial charge in [0.05, 0.1) is 13.7 Å². The molecule has 0 aliphatic carbocycles. The summed E-state index contributed by atoms with van der Waals surface area (Å²) in [6.07, 6.45) is 5.16. The van der Waals surface area contributed by atoms with Crippen LogP contribution in [0.15, 0.2) is 22.6 Å². The van der Waals surface area contributed by atoms with Gasteiger partial charge in [0.2, 0.25) is 11.8 Å². The largest absolute Gasteiger partial charge is 0.493 e. The van der Waals surface area contributed by atoms with Crippen molar-refractivity contribution >= 4 is 0 Å². The van der Waals surface area contributed by atoms with Crippen LogP contribution in [0.1, 0.15) is 51.0 Å². The predicted molar refractivity (Wildman–Crippen MR) is 89.2 cm³/mol. The predicted octanol–water partition coefficient (Wildman–Crippen LogP) is 4.17. The first-order valence-corrected chi connectivity index (χ1v) is 8.58. The molecular weight excluding hydrogens is 308 g/mol. The van der Waals surface area contributed by atoms with Crippen LogP contribution in [0.2, 0.25) is 0 Å². The van der Waals surface area contributed by atoms with E-state index in [1.165, 1.54) is 0 Å². The maximum atomic E-state index is 5.80. The number of methoxy groups -OCH3 is 1. The van der Waals surface area contributed by atoms with Gasteiger partial charge >= 0.3 is 0 Å². The lowest BCUT2D eigenvalue weighted by molar-refractivity contribution is -0.00126. The van der Waals surface area contributed by atoms with E-state index in [4.69, 9.17) is 18.6 Å². The summed E-state index contributed by atoms with van der Waals surface area (Å²) in [6, 6.07) is 5.65. The normalized spacial score (nSPS) is 17.7. The third-order valence-corrected chi connectivity index (χ3v) is 4.06. The second kappa shape index (κ2) is 8.15. The fourth-order valence-corrected chi connectivity index (χ4v) is 2.66. The Morgan fingerprint density at radius 1 is 1.21 bits per heavy atom. The molecule has 0 N–H and O–H groups in total. The highest BCUT2D eigenvalue weighted by Gasteiger charge is 2.22. The van der Waals surface area contributed by atoms with E-state index in [2.05, 4.69) is 17.1 Å². The van der Waals surface area contributed by atoms with Gasteiger partial charge in [-0.1, -0.05) is 13.3 Å². The lowest BCUT2D eigenvalue weighted by Gasteiger charge is -2.18. The molecule has 1 saturated heterocycles. The molecule has 1 aliphatic rings. The summed E-state index contributed by atoms with van der Waals surface area (Å²) in [5.41, 5.74) is 0.809. The van der Waals surface area contributed by atoms with Crippen molar-refractivity contribution in [1.29, 1.82) is 0 Å². The summed E-state index contributed by atoms with van der Waals surface area (Å²) in [5, 5.41) is 8.29. The number of aromatic nitrogens is 2. The lowest BCUT2D eigenvalue weighted by atomic mass is 10.1. The summed E-state index contributed by atoms with van der Waals surface area (Å²) in [4.78, 5) is 0. The maximum absolute atomic E-state index is 5.80. The highest BCUT2D eigenvalue weighted by atomic mass is 16.5. The van der Waals surface area contributed by atoms with Gasteiger partial charge in [-0.2, -0.15) is 0 Å². The van der Waals surface area contributed by atoms with Crippen LogP contribution in [0.3, 0.4) is 0 Å². The van der Waals surface area contributed by atoms with E-state index >= 15 is 0 Å². The van der Waals surface area contributed by atoms with Crippen molar-refractivity contribution in [3.63, 3.8) is 0 Å². The highest BCUT2D eigenvalue weighted by Crippen LogP contribution is 2.34. The molecule has 1 aromatic heterocycles. The zero-order chi connectivity index (χ0) is 16.8. The Kier molecular flexibility index (Phi) is 5.69. The minimum absolute atomic E-state index is 0.0847. The fraction of sp³-hybridized carbons (Fsp3) is 0.556. The van der Waals surface area contributed by atoms with E-state index in [9.17, 15) is 0 Å². The monoisotopic (exact) mass is 332 g/mol. The van der Waals surface area contributed by atoms with Gasteiger partial charge in [-0.3, -0.25) is 0 Å². The smallest absolute Gasteiger partial charge is 0.248 e. The van der Waals surface area contributed by atoms with Gasteiger partial charge in [0.15, 0.2) is 11.5 Å². The zero-order valence-corrected chi connectivity index (χ0v) is 14.3. The summed E-state index contributed by atoms with van der Waals surface area (Å²) < 4.78 is 22.7. The van der Waals surface area contributed by atoms with Crippen molar-refractivity contribution in [3.8, 4) is 23.0 Å². The molecule has 6 heteroatoms. The van der Waals surface area contributed by atoms with E-state index in [1.807, 2.05) is 18.2 Å². The minimum Gasteiger partial charge on any atom is -0.493 e. The van der Waals surface area contributed by atoms with Gasteiger partial charge in [0.1, 0.15) is 6.10 Å². The standard InChI is InChI=1S/C18H24N2O4/c1-3-4-10-22-14-9-8-13(12-16(14)21-2)17-19-20-18(24-17)15-7-5-6-11-23-15/h8-9,12,15H,3-7,10-11H2,1-2H3/t15-/m1/s1. The van der Waals surface area contributed by atoms with Gasteiger partial charge in [0.25, 0.3) is 0 Å².